The minimum absolute atomic E-state index is 0.205. The van der Waals surface area contributed by atoms with Gasteiger partial charge in [-0.2, -0.15) is 0 Å². The zero-order valence-corrected chi connectivity index (χ0v) is 12.9. The quantitative estimate of drug-likeness (QED) is 0.794. The number of benzene rings is 2. The number of ether oxygens (including phenoxy) is 1. The lowest BCUT2D eigenvalue weighted by atomic mass is 9.98. The van der Waals surface area contributed by atoms with Gasteiger partial charge in [-0.1, -0.05) is 56.3 Å². The molecule has 0 unspecified atom stereocenters. The molecule has 0 saturated carbocycles. The molecule has 2 aromatic carbocycles. The van der Waals surface area contributed by atoms with Crippen LogP contribution in [0.25, 0.3) is 0 Å². The Balaban J connectivity index is 2.01. The smallest absolute Gasteiger partial charge is 0.141 e. The molecule has 0 aliphatic rings. The van der Waals surface area contributed by atoms with E-state index in [4.69, 9.17) is 4.74 Å². The molecule has 0 fully saturated rings. The molecule has 0 aliphatic carbocycles. The Morgan fingerprint density at radius 3 is 2.29 bits per heavy atom. The average Bonchev–Trinajstić information content (AvgIpc) is 2.48. The highest BCUT2D eigenvalue weighted by Gasteiger charge is 2.09. The van der Waals surface area contributed by atoms with Crippen molar-refractivity contribution in [2.45, 2.75) is 32.6 Å². The second-order valence-corrected chi connectivity index (χ2v) is 5.60. The topological polar surface area (TPSA) is 26.3 Å². The van der Waals surface area contributed by atoms with Gasteiger partial charge in [0.15, 0.2) is 0 Å². The summed E-state index contributed by atoms with van der Waals surface area (Å²) in [5.74, 6) is 1.50. The van der Waals surface area contributed by atoms with E-state index >= 15 is 0 Å². The Bertz CT molecular complexity index is 597. The number of ketones is 1. The zero-order chi connectivity index (χ0) is 15.2. The van der Waals surface area contributed by atoms with Gasteiger partial charge in [0.2, 0.25) is 0 Å². The Morgan fingerprint density at radius 1 is 1.00 bits per heavy atom. The van der Waals surface area contributed by atoms with Crippen molar-refractivity contribution in [3.63, 3.8) is 0 Å². The molecule has 0 N–H and O–H groups in total. The van der Waals surface area contributed by atoms with E-state index in [1.54, 1.807) is 7.11 Å². The summed E-state index contributed by atoms with van der Waals surface area (Å²) >= 11 is 0. The molecule has 0 bridgehead atoms. The monoisotopic (exact) mass is 282 g/mol. The molecule has 2 rings (SSSR count). The first-order valence-electron chi connectivity index (χ1n) is 7.32. The van der Waals surface area contributed by atoms with Crippen LogP contribution in [0.4, 0.5) is 0 Å². The maximum Gasteiger partial charge on any atom is 0.141 e. The maximum absolute atomic E-state index is 12.2. The van der Waals surface area contributed by atoms with Gasteiger partial charge >= 0.3 is 0 Å². The van der Waals surface area contributed by atoms with Crippen molar-refractivity contribution in [1.82, 2.24) is 0 Å². The van der Waals surface area contributed by atoms with Crippen LogP contribution >= 0.6 is 0 Å². The molecule has 0 saturated heterocycles. The predicted molar refractivity (Wildman–Crippen MR) is 85.9 cm³/mol. The Morgan fingerprint density at radius 2 is 1.67 bits per heavy atom. The maximum atomic E-state index is 12.2. The van der Waals surface area contributed by atoms with Crippen LogP contribution < -0.4 is 4.74 Å². The van der Waals surface area contributed by atoms with Crippen LogP contribution in [0.1, 0.15) is 36.5 Å². The number of Topliss-reactive ketones (excluding diaryl/α,β-unsaturated/α-hetero) is 1. The fraction of sp³-hybridized carbons (Fsp3) is 0.316. The largest absolute Gasteiger partial charge is 0.496 e. The number of hydrogen-bond acceptors (Lipinski definition) is 2. The van der Waals surface area contributed by atoms with E-state index in [-0.39, 0.29) is 5.78 Å². The number of carbonyl (C=O) groups excluding carboxylic acids is 1. The van der Waals surface area contributed by atoms with Crippen molar-refractivity contribution in [3.8, 4) is 5.75 Å². The number of carbonyl (C=O) groups is 1. The summed E-state index contributed by atoms with van der Waals surface area (Å²) in [5, 5.41) is 0. The Hall–Kier alpha value is -2.09. The van der Waals surface area contributed by atoms with Crippen LogP contribution in [0.15, 0.2) is 48.5 Å². The van der Waals surface area contributed by atoms with Gasteiger partial charge in [0.05, 0.1) is 7.11 Å². The molecule has 0 heterocycles. The van der Waals surface area contributed by atoms with E-state index < -0.39 is 0 Å². The highest BCUT2D eigenvalue weighted by molar-refractivity contribution is 5.83. The Kier molecular flexibility index (Phi) is 5.15. The van der Waals surface area contributed by atoms with Crippen LogP contribution in [0.3, 0.4) is 0 Å². The molecule has 21 heavy (non-hydrogen) atoms. The molecule has 0 aromatic heterocycles. The van der Waals surface area contributed by atoms with Gasteiger partial charge in [0, 0.05) is 18.4 Å². The summed E-state index contributed by atoms with van der Waals surface area (Å²) in [5.41, 5.74) is 3.32. The first-order chi connectivity index (χ1) is 10.1. The van der Waals surface area contributed by atoms with Gasteiger partial charge in [-0.25, -0.2) is 0 Å². The fourth-order valence-electron chi connectivity index (χ4n) is 2.37. The van der Waals surface area contributed by atoms with E-state index in [1.165, 1.54) is 5.56 Å². The molecule has 0 aliphatic heterocycles. The molecule has 0 spiro atoms. The Labute approximate surface area is 126 Å². The summed E-state index contributed by atoms with van der Waals surface area (Å²) in [6, 6.07) is 16.0. The lowest BCUT2D eigenvalue weighted by Gasteiger charge is -2.08. The zero-order valence-electron chi connectivity index (χ0n) is 12.9. The van der Waals surface area contributed by atoms with Gasteiger partial charge in [0.25, 0.3) is 0 Å². The third-order valence-electron chi connectivity index (χ3n) is 3.63. The highest BCUT2D eigenvalue weighted by Crippen LogP contribution is 2.19. The predicted octanol–water partition coefficient (Wildman–Crippen LogP) is 4.17. The average molecular weight is 282 g/mol. The van der Waals surface area contributed by atoms with Crippen LogP contribution in [-0.4, -0.2) is 12.9 Å². The molecule has 2 aromatic rings. The van der Waals surface area contributed by atoms with Gasteiger partial charge in [-0.05, 0) is 23.1 Å². The van der Waals surface area contributed by atoms with Crippen molar-refractivity contribution < 1.29 is 9.53 Å². The number of methoxy groups -OCH3 is 1. The molecular formula is C19H22O2. The fourth-order valence-corrected chi connectivity index (χ4v) is 2.37. The van der Waals surface area contributed by atoms with Crippen molar-refractivity contribution in [3.05, 3.63) is 65.2 Å². The minimum atomic E-state index is 0.205. The summed E-state index contributed by atoms with van der Waals surface area (Å²) in [6.45, 7) is 4.34. The summed E-state index contributed by atoms with van der Waals surface area (Å²) in [7, 11) is 1.63. The lowest BCUT2D eigenvalue weighted by molar-refractivity contribution is -0.117. The van der Waals surface area contributed by atoms with Gasteiger partial charge < -0.3 is 4.74 Å². The molecule has 2 heteroatoms. The number of rotatable bonds is 6. The van der Waals surface area contributed by atoms with Gasteiger partial charge in [-0.15, -0.1) is 0 Å². The summed E-state index contributed by atoms with van der Waals surface area (Å²) in [4.78, 5) is 12.2. The second-order valence-electron chi connectivity index (χ2n) is 5.60. The first kappa shape index (κ1) is 15.3. The number of para-hydroxylation sites is 1. The third-order valence-corrected chi connectivity index (χ3v) is 3.63. The van der Waals surface area contributed by atoms with Crippen molar-refractivity contribution in [2.24, 2.45) is 0 Å². The van der Waals surface area contributed by atoms with Gasteiger partial charge in [-0.3, -0.25) is 4.79 Å². The van der Waals surface area contributed by atoms with Crippen molar-refractivity contribution >= 4 is 5.78 Å². The van der Waals surface area contributed by atoms with E-state index in [0.717, 1.165) is 16.9 Å². The molecule has 0 amide bonds. The van der Waals surface area contributed by atoms with Crippen LogP contribution in [-0.2, 0) is 17.6 Å². The lowest BCUT2D eigenvalue weighted by Crippen LogP contribution is -2.07. The normalized spacial score (nSPS) is 10.7. The molecule has 0 radical (unpaired) electrons. The molecule has 2 nitrogen and oxygen atoms in total. The first-order valence-corrected chi connectivity index (χ1v) is 7.32. The van der Waals surface area contributed by atoms with Crippen LogP contribution in [0.2, 0.25) is 0 Å². The summed E-state index contributed by atoms with van der Waals surface area (Å²) < 4.78 is 5.29. The molecule has 110 valence electrons. The van der Waals surface area contributed by atoms with Crippen molar-refractivity contribution in [1.29, 1.82) is 0 Å². The van der Waals surface area contributed by atoms with E-state index in [0.29, 0.717) is 18.8 Å². The summed E-state index contributed by atoms with van der Waals surface area (Å²) in [6.07, 6.45) is 0.881. The van der Waals surface area contributed by atoms with E-state index in [9.17, 15) is 4.79 Å². The van der Waals surface area contributed by atoms with Gasteiger partial charge in [0.1, 0.15) is 11.5 Å². The second kappa shape index (κ2) is 7.07. The van der Waals surface area contributed by atoms with E-state index in [2.05, 4.69) is 38.1 Å². The molecular weight excluding hydrogens is 260 g/mol. The highest BCUT2D eigenvalue weighted by atomic mass is 16.5. The SMILES string of the molecule is COc1ccccc1CC(=O)Cc1ccc(C(C)C)cc1. The number of hydrogen-bond donors (Lipinski definition) is 0. The van der Waals surface area contributed by atoms with E-state index in [1.807, 2.05) is 24.3 Å². The van der Waals surface area contributed by atoms with Crippen LogP contribution in [0.5, 0.6) is 5.75 Å². The van der Waals surface area contributed by atoms with Crippen LogP contribution in [0, 0.1) is 0 Å². The standard InChI is InChI=1S/C19H22O2/c1-14(2)16-10-8-15(9-11-16)12-18(20)13-17-6-4-5-7-19(17)21-3/h4-11,14H,12-13H2,1-3H3. The molecule has 0 atom stereocenters. The van der Waals surface area contributed by atoms with Crippen molar-refractivity contribution in [2.75, 3.05) is 7.11 Å². The minimum Gasteiger partial charge on any atom is -0.496 e. The third kappa shape index (κ3) is 4.19.